The lowest BCUT2D eigenvalue weighted by atomic mass is 9.73. The maximum atomic E-state index is 2.71. The van der Waals surface area contributed by atoms with Crippen LogP contribution < -0.4 is 15.3 Å². The van der Waals surface area contributed by atoms with Crippen LogP contribution >= 0.6 is 0 Å². The van der Waals surface area contributed by atoms with Crippen molar-refractivity contribution in [3.05, 3.63) is 215 Å². The fraction of sp³-hybridized carbons (Fsp3) is 0.148. The third-order valence-corrected chi connectivity index (χ3v) is 13.3. The fourth-order valence-electron chi connectivity index (χ4n) is 10.9. The molecule has 56 heavy (non-hydrogen) atoms. The number of hydrogen-bond acceptors (Lipinski definition) is 1. The van der Waals surface area contributed by atoms with E-state index in [0.717, 1.165) is 6.42 Å². The van der Waals surface area contributed by atoms with E-state index in [9.17, 15) is 0 Å². The predicted octanol–water partition coefficient (Wildman–Crippen LogP) is 11.2. The van der Waals surface area contributed by atoms with Crippen LogP contribution in [0.4, 0.5) is 5.69 Å². The molecule has 6 aromatic rings. The second-order valence-electron chi connectivity index (χ2n) is 16.2. The van der Waals surface area contributed by atoms with Crippen molar-refractivity contribution in [2.24, 2.45) is 23.7 Å². The van der Waals surface area contributed by atoms with Gasteiger partial charge in [0, 0.05) is 56.4 Å². The molecule has 0 radical (unpaired) electrons. The van der Waals surface area contributed by atoms with E-state index in [2.05, 4.69) is 198 Å². The second-order valence-corrected chi connectivity index (χ2v) is 16.2. The number of allylic oxidation sites excluding steroid dienone is 11. The van der Waals surface area contributed by atoms with Gasteiger partial charge in [0.15, 0.2) is 0 Å². The van der Waals surface area contributed by atoms with Crippen molar-refractivity contribution in [1.29, 1.82) is 0 Å². The van der Waals surface area contributed by atoms with Gasteiger partial charge in [0.25, 0.3) is 0 Å². The van der Waals surface area contributed by atoms with Gasteiger partial charge in [-0.2, -0.15) is 0 Å². The quantitative estimate of drug-likeness (QED) is 0.165. The number of nitrogens with zero attached hydrogens (tertiary/aromatic N) is 2. The highest BCUT2D eigenvalue weighted by Gasteiger charge is 2.42. The molecule has 2 nitrogen and oxygen atoms in total. The molecule has 1 aliphatic heterocycles. The Kier molecular flexibility index (Phi) is 7.17. The first-order valence-corrected chi connectivity index (χ1v) is 20.4. The minimum Gasteiger partial charge on any atom is -0.336 e. The SMILES string of the molecule is C1=CC2CCC=CC2C(n2c3ccccc3c3cc(C4=CCC5C(=C4)c4ccccc4N5C4=c5ccccc5=C(c5ccccc5)C5C=CC=CC45)ccc32)=C1. The van der Waals surface area contributed by atoms with Gasteiger partial charge < -0.3 is 9.47 Å². The molecule has 0 amide bonds. The Balaban J connectivity index is 0.996. The monoisotopic (exact) mass is 718 g/mol. The molecule has 0 saturated heterocycles. The molecule has 6 aliphatic rings. The summed E-state index contributed by atoms with van der Waals surface area (Å²) in [5.41, 5.74) is 14.8. The molecule has 0 fully saturated rings. The summed E-state index contributed by atoms with van der Waals surface area (Å²) in [6, 6.07) is 45.7. The maximum absolute atomic E-state index is 2.71. The average molecular weight is 719 g/mol. The van der Waals surface area contributed by atoms with E-state index in [0.29, 0.717) is 11.8 Å². The van der Waals surface area contributed by atoms with Crippen molar-refractivity contribution in [3.63, 3.8) is 0 Å². The standard InChI is InChI=1S/C54H42N2/c1-2-16-36(17-3-1)53-42-22-6-8-24-44(42)54(45-25-9-7-23-43(45)53)56-50-27-13-11-21-41(50)47-34-38(30-32-52(47)56)37-29-31-51-46(33-37)40-20-10-12-26-49(40)55(51)48-28-14-18-35-15-4-5-19-39(35)48/h1-3,5-14,16-31,33-35,39,42,44,52H,4,15,32H2. The number of fused-ring (bicyclic) bond motifs is 9. The number of para-hydroxylation sites is 2. The number of anilines is 1. The van der Waals surface area contributed by atoms with Crippen LogP contribution in [0, 0.1) is 23.7 Å². The molecule has 5 aliphatic carbocycles. The summed E-state index contributed by atoms with van der Waals surface area (Å²) in [6.07, 6.45) is 29.6. The Morgan fingerprint density at radius 1 is 0.589 bits per heavy atom. The summed E-state index contributed by atoms with van der Waals surface area (Å²) in [5.74, 6) is 1.47. The maximum Gasteiger partial charge on any atom is 0.0630 e. The molecular formula is C54H42N2. The van der Waals surface area contributed by atoms with E-state index in [1.54, 1.807) is 0 Å². The Morgan fingerprint density at radius 3 is 2.30 bits per heavy atom. The minimum atomic E-state index is 0.228. The molecule has 0 bridgehead atoms. The first kappa shape index (κ1) is 31.9. The molecule has 1 aromatic heterocycles. The van der Waals surface area contributed by atoms with Crippen LogP contribution in [0.15, 0.2) is 188 Å². The van der Waals surface area contributed by atoms with Crippen LogP contribution in [-0.2, 0) is 0 Å². The van der Waals surface area contributed by atoms with Crippen molar-refractivity contribution in [2.75, 3.05) is 4.90 Å². The molecule has 0 saturated carbocycles. The van der Waals surface area contributed by atoms with Crippen LogP contribution in [-0.4, -0.2) is 10.6 Å². The summed E-state index contributed by atoms with van der Waals surface area (Å²) < 4.78 is 2.54. The normalized spacial score (nSPS) is 24.3. The topological polar surface area (TPSA) is 8.17 Å². The summed E-state index contributed by atoms with van der Waals surface area (Å²) in [5, 5.41) is 5.33. The first-order valence-electron chi connectivity index (χ1n) is 20.4. The van der Waals surface area contributed by atoms with Gasteiger partial charge in [0.1, 0.15) is 0 Å². The Bertz CT molecular complexity index is 2980. The van der Waals surface area contributed by atoms with Gasteiger partial charge in [-0.25, -0.2) is 0 Å². The van der Waals surface area contributed by atoms with Crippen LogP contribution in [0.1, 0.15) is 36.0 Å². The molecule has 268 valence electrons. The Hall–Kier alpha value is -6.38. The van der Waals surface area contributed by atoms with Gasteiger partial charge in [-0.3, -0.25) is 0 Å². The molecule has 0 N–H and O–H groups in total. The molecule has 2 heterocycles. The second kappa shape index (κ2) is 12.6. The number of rotatable bonds is 4. The summed E-state index contributed by atoms with van der Waals surface area (Å²) in [6.45, 7) is 0. The van der Waals surface area contributed by atoms with Gasteiger partial charge in [-0.05, 0) is 94.7 Å². The highest BCUT2D eigenvalue weighted by atomic mass is 15.2. The van der Waals surface area contributed by atoms with E-state index in [1.165, 1.54) is 95.6 Å². The molecule has 0 spiro atoms. The number of aromatic nitrogens is 1. The van der Waals surface area contributed by atoms with E-state index in [1.807, 2.05) is 0 Å². The third kappa shape index (κ3) is 4.69. The molecule has 5 aromatic carbocycles. The first-order chi connectivity index (χ1) is 27.8. The van der Waals surface area contributed by atoms with Crippen LogP contribution in [0.5, 0.6) is 0 Å². The molecule has 2 heteroatoms. The summed E-state index contributed by atoms with van der Waals surface area (Å²) in [4.78, 5) is 2.71. The van der Waals surface area contributed by atoms with Crippen molar-refractivity contribution in [1.82, 2.24) is 4.57 Å². The van der Waals surface area contributed by atoms with Crippen LogP contribution in [0.3, 0.4) is 0 Å². The lowest BCUT2D eigenvalue weighted by Gasteiger charge is -2.40. The number of benzene rings is 5. The predicted molar refractivity (Wildman–Crippen MR) is 235 cm³/mol. The van der Waals surface area contributed by atoms with Crippen LogP contribution in [0.25, 0.3) is 49.9 Å². The molecule has 5 unspecified atom stereocenters. The molecular weight excluding hydrogens is 677 g/mol. The lowest BCUT2D eigenvalue weighted by Crippen LogP contribution is -2.47. The van der Waals surface area contributed by atoms with Crippen molar-refractivity contribution < 1.29 is 0 Å². The fourth-order valence-corrected chi connectivity index (χ4v) is 10.9. The van der Waals surface area contributed by atoms with E-state index in [4.69, 9.17) is 0 Å². The summed E-state index contributed by atoms with van der Waals surface area (Å²) >= 11 is 0. The average Bonchev–Trinajstić information content (AvgIpc) is 3.77. The zero-order valence-electron chi connectivity index (χ0n) is 31.3. The van der Waals surface area contributed by atoms with Gasteiger partial charge in [-0.1, -0.05) is 152 Å². The third-order valence-electron chi connectivity index (χ3n) is 13.3. The summed E-state index contributed by atoms with van der Waals surface area (Å²) in [7, 11) is 0. The zero-order valence-corrected chi connectivity index (χ0v) is 31.3. The van der Waals surface area contributed by atoms with Crippen LogP contribution in [0.2, 0.25) is 0 Å². The van der Waals surface area contributed by atoms with Gasteiger partial charge in [-0.15, -0.1) is 0 Å². The van der Waals surface area contributed by atoms with Crippen molar-refractivity contribution in [2.45, 2.75) is 25.3 Å². The molecule has 12 rings (SSSR count). The Labute approximate surface area is 328 Å². The van der Waals surface area contributed by atoms with E-state index < -0.39 is 0 Å². The highest BCUT2D eigenvalue weighted by molar-refractivity contribution is 6.11. The minimum absolute atomic E-state index is 0.228. The Morgan fingerprint density at radius 2 is 1.38 bits per heavy atom. The molecule has 5 atom stereocenters. The largest absolute Gasteiger partial charge is 0.336 e. The zero-order chi connectivity index (χ0) is 36.7. The van der Waals surface area contributed by atoms with Gasteiger partial charge >= 0.3 is 0 Å². The highest BCUT2D eigenvalue weighted by Crippen LogP contribution is 2.51. The smallest absolute Gasteiger partial charge is 0.0630 e. The van der Waals surface area contributed by atoms with Gasteiger partial charge in [0.2, 0.25) is 0 Å². The van der Waals surface area contributed by atoms with Crippen molar-refractivity contribution in [3.8, 4) is 0 Å². The van der Waals surface area contributed by atoms with E-state index >= 15 is 0 Å². The van der Waals surface area contributed by atoms with Crippen molar-refractivity contribution >= 4 is 55.6 Å². The van der Waals surface area contributed by atoms with E-state index in [-0.39, 0.29) is 17.9 Å². The van der Waals surface area contributed by atoms with Gasteiger partial charge in [0.05, 0.1) is 17.1 Å². The number of hydrogen-bond donors (Lipinski definition) is 0. The lowest BCUT2D eigenvalue weighted by molar-refractivity contribution is 0.493.